The van der Waals surface area contributed by atoms with Crippen LogP contribution in [-0.4, -0.2) is 63.7 Å². The fourth-order valence-corrected chi connectivity index (χ4v) is 5.19. The predicted molar refractivity (Wildman–Crippen MR) is 90.0 cm³/mol. The van der Waals surface area contributed by atoms with Crippen LogP contribution in [0.3, 0.4) is 0 Å². The van der Waals surface area contributed by atoms with Gasteiger partial charge in [-0.15, -0.1) is 23.2 Å². The van der Waals surface area contributed by atoms with Gasteiger partial charge in [-0.25, -0.2) is 16.8 Å². The molecule has 0 aliphatic heterocycles. The van der Waals surface area contributed by atoms with Crippen molar-refractivity contribution in [2.24, 2.45) is 0 Å². The molecule has 0 aliphatic carbocycles. The normalized spacial score (nSPS) is 15.8. The lowest BCUT2D eigenvalue weighted by Crippen LogP contribution is -2.30. The van der Waals surface area contributed by atoms with Crippen molar-refractivity contribution in [2.75, 3.05) is 36.4 Å². The third-order valence-electron chi connectivity index (χ3n) is 3.40. The first-order valence-corrected chi connectivity index (χ1v) is 11.4. The quantitative estimate of drug-likeness (QED) is 0.408. The molecular weight excluding hydrogens is 357 g/mol. The van der Waals surface area contributed by atoms with E-state index in [1.165, 1.54) is 0 Å². The minimum absolute atomic E-state index is 0.0105. The fourth-order valence-electron chi connectivity index (χ4n) is 1.71. The molecule has 0 bridgehead atoms. The van der Waals surface area contributed by atoms with Crippen LogP contribution in [0.25, 0.3) is 0 Å². The summed E-state index contributed by atoms with van der Waals surface area (Å²) >= 11 is 10.9. The maximum absolute atomic E-state index is 11.7. The molecule has 0 aromatic heterocycles. The Morgan fingerprint density at radius 2 is 1.14 bits per heavy atom. The Morgan fingerprint density at radius 3 is 1.43 bits per heavy atom. The molecule has 2 atom stereocenters. The summed E-state index contributed by atoms with van der Waals surface area (Å²) in [5, 5.41) is 2.19. The molecule has 2 unspecified atom stereocenters. The smallest absolute Gasteiger partial charge is 0.154 e. The number of halogens is 2. The lowest BCUT2D eigenvalue weighted by atomic mass is 10.3. The summed E-state index contributed by atoms with van der Waals surface area (Å²) in [5.74, 6) is 0.193. The van der Waals surface area contributed by atoms with Crippen molar-refractivity contribution < 1.29 is 16.8 Å². The Balaban J connectivity index is 3.98. The van der Waals surface area contributed by atoms with Crippen molar-refractivity contribution in [1.82, 2.24) is 5.32 Å². The Hall–Kier alpha value is 0.440. The average molecular weight is 382 g/mol. The SMILES string of the molecule is CC(CCNCCC(C)S(=O)(=O)CCCl)S(=O)(=O)CCCl. The number of hydrogen-bond donors (Lipinski definition) is 1. The molecule has 0 aliphatic rings. The van der Waals surface area contributed by atoms with E-state index in [2.05, 4.69) is 5.32 Å². The van der Waals surface area contributed by atoms with Gasteiger partial charge in [0, 0.05) is 11.8 Å². The van der Waals surface area contributed by atoms with Crippen LogP contribution in [-0.2, 0) is 19.7 Å². The van der Waals surface area contributed by atoms with E-state index in [0.717, 1.165) is 0 Å². The van der Waals surface area contributed by atoms with E-state index < -0.39 is 30.2 Å². The van der Waals surface area contributed by atoms with Crippen LogP contribution in [0.2, 0.25) is 0 Å². The molecule has 21 heavy (non-hydrogen) atoms. The number of rotatable bonds is 12. The summed E-state index contributed by atoms with van der Waals surface area (Å²) in [6.45, 7) is 4.39. The molecule has 0 aromatic rings. The molecule has 9 heteroatoms. The minimum Gasteiger partial charge on any atom is -0.317 e. The Bertz CT molecular complexity index is 435. The summed E-state index contributed by atoms with van der Waals surface area (Å²) in [4.78, 5) is 0. The van der Waals surface area contributed by atoms with Crippen LogP contribution in [0, 0.1) is 0 Å². The second-order valence-corrected chi connectivity index (χ2v) is 10.9. The van der Waals surface area contributed by atoms with Crippen LogP contribution in [0.1, 0.15) is 26.7 Å². The van der Waals surface area contributed by atoms with Crippen LogP contribution in [0.5, 0.6) is 0 Å². The summed E-state index contributed by atoms with van der Waals surface area (Å²) < 4.78 is 46.8. The highest BCUT2D eigenvalue weighted by atomic mass is 35.5. The van der Waals surface area contributed by atoms with Gasteiger partial charge in [-0.3, -0.25) is 0 Å². The highest BCUT2D eigenvalue weighted by Gasteiger charge is 2.21. The van der Waals surface area contributed by atoms with Crippen molar-refractivity contribution in [2.45, 2.75) is 37.2 Å². The largest absolute Gasteiger partial charge is 0.317 e. The molecule has 0 spiro atoms. The Kier molecular flexibility index (Phi) is 10.5. The van der Waals surface area contributed by atoms with Gasteiger partial charge in [0.15, 0.2) is 19.7 Å². The van der Waals surface area contributed by atoms with Gasteiger partial charge >= 0.3 is 0 Å². The average Bonchev–Trinajstić information content (AvgIpc) is 2.37. The van der Waals surface area contributed by atoms with Gasteiger partial charge in [0.05, 0.1) is 22.0 Å². The predicted octanol–water partition coefficient (Wildman–Crippen LogP) is 1.44. The molecule has 0 fully saturated rings. The van der Waals surface area contributed by atoms with E-state index in [9.17, 15) is 16.8 Å². The molecule has 5 nitrogen and oxygen atoms in total. The lowest BCUT2D eigenvalue weighted by Gasteiger charge is -2.14. The third kappa shape index (κ3) is 8.59. The lowest BCUT2D eigenvalue weighted by molar-refractivity contribution is 0.555. The van der Waals surface area contributed by atoms with Gasteiger partial charge in [0.2, 0.25) is 0 Å². The summed E-state index contributed by atoms with van der Waals surface area (Å²) in [6, 6.07) is 0. The first kappa shape index (κ1) is 21.4. The van der Waals surface area contributed by atoms with Gasteiger partial charge in [-0.1, -0.05) is 0 Å². The Labute approximate surface area is 138 Å². The molecule has 0 amide bonds. The van der Waals surface area contributed by atoms with Gasteiger partial charge in [0.1, 0.15) is 0 Å². The van der Waals surface area contributed by atoms with Crippen molar-refractivity contribution in [3.63, 3.8) is 0 Å². The van der Waals surface area contributed by atoms with E-state index in [0.29, 0.717) is 25.9 Å². The first-order chi connectivity index (χ1) is 9.67. The standard InChI is InChI=1S/C12H25Cl2NO4S2/c1-11(20(16,17)9-5-13)3-7-15-8-4-12(2)21(18,19)10-6-14/h11-12,15H,3-10H2,1-2H3. The van der Waals surface area contributed by atoms with E-state index in [-0.39, 0.29) is 23.3 Å². The molecule has 0 radical (unpaired) electrons. The van der Waals surface area contributed by atoms with Gasteiger partial charge in [-0.05, 0) is 39.8 Å². The van der Waals surface area contributed by atoms with Crippen LogP contribution < -0.4 is 5.32 Å². The number of alkyl halides is 2. The second kappa shape index (κ2) is 10.3. The molecule has 0 heterocycles. The number of sulfone groups is 2. The van der Waals surface area contributed by atoms with Gasteiger partial charge < -0.3 is 5.32 Å². The highest BCUT2D eigenvalue weighted by Crippen LogP contribution is 2.08. The fraction of sp³-hybridized carbons (Fsp3) is 1.00. The first-order valence-electron chi connectivity index (χ1n) is 6.93. The van der Waals surface area contributed by atoms with Crippen LogP contribution in [0.15, 0.2) is 0 Å². The molecule has 0 saturated heterocycles. The van der Waals surface area contributed by atoms with Crippen LogP contribution in [0.4, 0.5) is 0 Å². The summed E-state index contributed by atoms with van der Waals surface area (Å²) in [5.41, 5.74) is 0. The topological polar surface area (TPSA) is 80.3 Å². The number of hydrogen-bond acceptors (Lipinski definition) is 5. The van der Waals surface area contributed by atoms with Crippen molar-refractivity contribution in [3.8, 4) is 0 Å². The maximum atomic E-state index is 11.7. The molecule has 0 rings (SSSR count). The zero-order valence-electron chi connectivity index (χ0n) is 12.5. The molecule has 1 N–H and O–H groups in total. The van der Waals surface area contributed by atoms with Crippen molar-refractivity contribution >= 4 is 42.9 Å². The second-order valence-electron chi connectivity index (χ2n) is 5.06. The zero-order chi connectivity index (χ0) is 16.5. The maximum Gasteiger partial charge on any atom is 0.154 e. The summed E-state index contributed by atoms with van der Waals surface area (Å²) in [6.07, 6.45) is 0.976. The minimum atomic E-state index is -3.13. The molecule has 128 valence electrons. The van der Waals surface area contributed by atoms with E-state index >= 15 is 0 Å². The summed E-state index contributed by atoms with van der Waals surface area (Å²) in [7, 11) is -6.25. The molecule has 0 saturated carbocycles. The molecule has 0 aromatic carbocycles. The zero-order valence-corrected chi connectivity index (χ0v) is 15.7. The van der Waals surface area contributed by atoms with E-state index in [4.69, 9.17) is 23.2 Å². The van der Waals surface area contributed by atoms with Crippen molar-refractivity contribution in [3.05, 3.63) is 0 Å². The van der Waals surface area contributed by atoms with E-state index in [1.54, 1.807) is 13.8 Å². The van der Waals surface area contributed by atoms with E-state index in [1.807, 2.05) is 0 Å². The Morgan fingerprint density at radius 1 is 0.810 bits per heavy atom. The van der Waals surface area contributed by atoms with Gasteiger partial charge in [-0.2, -0.15) is 0 Å². The third-order valence-corrected chi connectivity index (χ3v) is 8.70. The van der Waals surface area contributed by atoms with Crippen molar-refractivity contribution in [1.29, 1.82) is 0 Å². The highest BCUT2D eigenvalue weighted by molar-refractivity contribution is 7.92. The van der Waals surface area contributed by atoms with Crippen LogP contribution >= 0.6 is 23.2 Å². The van der Waals surface area contributed by atoms with Gasteiger partial charge in [0.25, 0.3) is 0 Å². The monoisotopic (exact) mass is 381 g/mol. The molecular formula is C12H25Cl2NO4S2. The number of nitrogens with one attached hydrogen (secondary N) is 1.